The van der Waals surface area contributed by atoms with Gasteiger partial charge in [-0.15, -0.1) is 0 Å². The Hall–Kier alpha value is -2.41. The molecule has 2 N–H and O–H groups in total. The lowest BCUT2D eigenvalue weighted by Crippen LogP contribution is -2.39. The Morgan fingerprint density at radius 2 is 2.40 bits per heavy atom. The highest BCUT2D eigenvalue weighted by Gasteiger charge is 2.24. The van der Waals surface area contributed by atoms with Gasteiger partial charge in [0.2, 0.25) is 0 Å². The molecule has 2 heterocycles. The first-order valence-electron chi connectivity index (χ1n) is 8.78. The van der Waals surface area contributed by atoms with Crippen LogP contribution in [0.5, 0.6) is 0 Å². The van der Waals surface area contributed by atoms with Gasteiger partial charge in [0.1, 0.15) is 6.33 Å². The van der Waals surface area contributed by atoms with Gasteiger partial charge in [-0.1, -0.05) is 18.2 Å². The average molecular weight is 342 g/mol. The molecule has 1 unspecified atom stereocenters. The molecular formula is C18H26N6O. The number of guanidine groups is 1. The Morgan fingerprint density at radius 1 is 1.48 bits per heavy atom. The maximum absolute atomic E-state index is 5.56. The zero-order chi connectivity index (χ0) is 17.5. The van der Waals surface area contributed by atoms with E-state index in [2.05, 4.69) is 42.5 Å². The van der Waals surface area contributed by atoms with Gasteiger partial charge in [-0.25, -0.2) is 4.98 Å². The molecular weight excluding hydrogens is 316 g/mol. The highest BCUT2D eigenvalue weighted by Crippen LogP contribution is 2.18. The minimum atomic E-state index is 0.591. The Kier molecular flexibility index (Phi) is 6.00. The van der Waals surface area contributed by atoms with Gasteiger partial charge >= 0.3 is 0 Å². The topological polar surface area (TPSA) is 78.4 Å². The van der Waals surface area contributed by atoms with E-state index in [1.54, 1.807) is 0 Å². The van der Waals surface area contributed by atoms with Gasteiger partial charge in [-0.2, -0.15) is 5.10 Å². The Bertz CT molecular complexity index is 685. The standard InChI is InChI=1S/C18H26N6O/c1-3-25-12-15-7-8-24(11-15)18(19-2)20-10-14-5-4-6-16(9-14)17-21-13-22-23-17/h4-6,9,13,15H,3,7-8,10-12H2,1-2H3,(H,19,20)(H,21,22,23). The molecule has 0 aliphatic carbocycles. The van der Waals surface area contributed by atoms with Crippen molar-refractivity contribution < 1.29 is 4.74 Å². The summed E-state index contributed by atoms with van der Waals surface area (Å²) in [7, 11) is 1.84. The van der Waals surface area contributed by atoms with E-state index >= 15 is 0 Å². The van der Waals surface area contributed by atoms with E-state index < -0.39 is 0 Å². The molecule has 0 amide bonds. The molecule has 25 heavy (non-hydrogen) atoms. The predicted molar refractivity (Wildman–Crippen MR) is 98.2 cm³/mol. The summed E-state index contributed by atoms with van der Waals surface area (Å²) in [5.74, 6) is 2.32. The van der Waals surface area contributed by atoms with Crippen LogP contribution in [0, 0.1) is 5.92 Å². The van der Waals surface area contributed by atoms with Gasteiger partial charge in [0, 0.05) is 44.8 Å². The number of benzene rings is 1. The van der Waals surface area contributed by atoms with Gasteiger partial charge < -0.3 is 15.0 Å². The SMILES string of the molecule is CCOCC1CCN(C(=NC)NCc2cccc(-c3ncn[nH]3)c2)C1. The first-order chi connectivity index (χ1) is 12.3. The summed E-state index contributed by atoms with van der Waals surface area (Å²) in [5.41, 5.74) is 2.21. The lowest BCUT2D eigenvalue weighted by atomic mass is 10.1. The van der Waals surface area contributed by atoms with Crippen molar-refractivity contribution in [2.24, 2.45) is 10.9 Å². The van der Waals surface area contributed by atoms with Gasteiger partial charge in [-0.3, -0.25) is 10.1 Å². The van der Waals surface area contributed by atoms with Gasteiger partial charge in [0.05, 0.1) is 6.61 Å². The molecule has 3 rings (SSSR count). The number of hydrogen-bond acceptors (Lipinski definition) is 4. The summed E-state index contributed by atoms with van der Waals surface area (Å²) in [6, 6.07) is 8.27. The monoisotopic (exact) mass is 342 g/mol. The number of nitrogens with zero attached hydrogens (tertiary/aromatic N) is 4. The summed E-state index contributed by atoms with van der Waals surface area (Å²) >= 11 is 0. The second-order valence-corrected chi connectivity index (χ2v) is 6.20. The van der Waals surface area contributed by atoms with E-state index in [1.165, 1.54) is 11.9 Å². The molecule has 1 aromatic carbocycles. The minimum Gasteiger partial charge on any atom is -0.381 e. The van der Waals surface area contributed by atoms with Gasteiger partial charge in [0.15, 0.2) is 11.8 Å². The molecule has 7 nitrogen and oxygen atoms in total. The van der Waals surface area contributed by atoms with Crippen molar-refractivity contribution in [2.75, 3.05) is 33.4 Å². The molecule has 1 fully saturated rings. The summed E-state index contributed by atoms with van der Waals surface area (Å²) < 4.78 is 5.56. The molecule has 1 aliphatic rings. The van der Waals surface area contributed by atoms with Crippen LogP contribution in [-0.4, -0.2) is 59.4 Å². The van der Waals surface area contributed by atoms with Crippen molar-refractivity contribution in [3.63, 3.8) is 0 Å². The van der Waals surface area contributed by atoms with Gasteiger partial charge in [-0.05, 0) is 25.0 Å². The zero-order valence-electron chi connectivity index (χ0n) is 14.9. The molecule has 7 heteroatoms. The fourth-order valence-corrected chi connectivity index (χ4v) is 3.13. The van der Waals surface area contributed by atoms with Gasteiger partial charge in [0.25, 0.3) is 0 Å². The molecule has 0 spiro atoms. The molecule has 0 bridgehead atoms. The fourth-order valence-electron chi connectivity index (χ4n) is 3.13. The zero-order valence-corrected chi connectivity index (χ0v) is 14.9. The smallest absolute Gasteiger partial charge is 0.193 e. The van der Waals surface area contributed by atoms with Crippen LogP contribution >= 0.6 is 0 Å². The number of likely N-dealkylation sites (tertiary alicyclic amines) is 1. The maximum atomic E-state index is 5.56. The van der Waals surface area contributed by atoms with Crippen molar-refractivity contribution in [3.8, 4) is 11.4 Å². The van der Waals surface area contributed by atoms with E-state index in [4.69, 9.17) is 4.74 Å². The maximum Gasteiger partial charge on any atom is 0.193 e. The van der Waals surface area contributed by atoms with Crippen LogP contribution in [0.1, 0.15) is 18.9 Å². The highest BCUT2D eigenvalue weighted by molar-refractivity contribution is 5.80. The van der Waals surface area contributed by atoms with E-state index in [0.29, 0.717) is 5.92 Å². The van der Waals surface area contributed by atoms with Crippen LogP contribution in [0.4, 0.5) is 0 Å². The fraction of sp³-hybridized carbons (Fsp3) is 0.500. The quantitative estimate of drug-likeness (QED) is 0.619. The molecule has 1 atom stereocenters. The molecule has 134 valence electrons. The van der Waals surface area contributed by atoms with Crippen molar-refractivity contribution in [1.82, 2.24) is 25.4 Å². The predicted octanol–water partition coefficient (Wildman–Crippen LogP) is 1.91. The molecule has 1 aromatic heterocycles. The van der Waals surface area contributed by atoms with Crippen LogP contribution in [0.25, 0.3) is 11.4 Å². The third-order valence-electron chi connectivity index (χ3n) is 4.42. The molecule has 1 aliphatic heterocycles. The van der Waals surface area contributed by atoms with E-state index in [-0.39, 0.29) is 0 Å². The number of ether oxygens (including phenoxy) is 1. The third-order valence-corrected chi connectivity index (χ3v) is 4.42. The molecule has 0 saturated carbocycles. The summed E-state index contributed by atoms with van der Waals surface area (Å²) in [6.45, 7) is 6.41. The average Bonchev–Trinajstić information content (AvgIpc) is 3.33. The third kappa shape index (κ3) is 4.57. The molecule has 2 aromatic rings. The number of nitrogens with one attached hydrogen (secondary N) is 2. The van der Waals surface area contributed by atoms with E-state index in [0.717, 1.165) is 56.6 Å². The first kappa shape index (κ1) is 17.4. The first-order valence-corrected chi connectivity index (χ1v) is 8.78. The summed E-state index contributed by atoms with van der Waals surface area (Å²) in [4.78, 5) is 10.9. The van der Waals surface area contributed by atoms with Crippen molar-refractivity contribution in [2.45, 2.75) is 19.9 Å². The second-order valence-electron chi connectivity index (χ2n) is 6.20. The number of H-pyrrole nitrogens is 1. The van der Waals surface area contributed by atoms with Crippen molar-refractivity contribution >= 4 is 5.96 Å². The molecule has 0 radical (unpaired) electrons. The van der Waals surface area contributed by atoms with Crippen LogP contribution in [0.3, 0.4) is 0 Å². The number of hydrogen-bond donors (Lipinski definition) is 2. The summed E-state index contributed by atoms with van der Waals surface area (Å²) in [6.07, 6.45) is 2.68. The number of aromatic nitrogens is 3. The molecule has 1 saturated heterocycles. The highest BCUT2D eigenvalue weighted by atomic mass is 16.5. The largest absolute Gasteiger partial charge is 0.381 e. The normalized spacial score (nSPS) is 17.9. The number of rotatable bonds is 6. The van der Waals surface area contributed by atoms with Crippen LogP contribution in [0.15, 0.2) is 35.6 Å². The van der Waals surface area contributed by atoms with Crippen molar-refractivity contribution in [3.05, 3.63) is 36.2 Å². The Morgan fingerprint density at radius 3 is 3.16 bits per heavy atom. The van der Waals surface area contributed by atoms with Crippen molar-refractivity contribution in [1.29, 1.82) is 0 Å². The lowest BCUT2D eigenvalue weighted by Gasteiger charge is -2.22. The van der Waals surface area contributed by atoms with Crippen LogP contribution < -0.4 is 5.32 Å². The lowest BCUT2D eigenvalue weighted by molar-refractivity contribution is 0.114. The number of aromatic amines is 1. The summed E-state index contributed by atoms with van der Waals surface area (Å²) in [5, 5.41) is 10.3. The second kappa shape index (κ2) is 8.62. The Labute approximate surface area is 148 Å². The number of aliphatic imine (C=N–C) groups is 1. The van der Waals surface area contributed by atoms with Crippen LogP contribution in [-0.2, 0) is 11.3 Å². The van der Waals surface area contributed by atoms with E-state index in [1.807, 2.05) is 26.1 Å². The minimum absolute atomic E-state index is 0.591. The van der Waals surface area contributed by atoms with E-state index in [9.17, 15) is 0 Å². The van der Waals surface area contributed by atoms with Crippen LogP contribution in [0.2, 0.25) is 0 Å². The Balaban J connectivity index is 1.56.